The summed E-state index contributed by atoms with van der Waals surface area (Å²) in [5, 5.41) is 6.15. The van der Waals surface area contributed by atoms with Gasteiger partial charge in [-0.1, -0.05) is 13.8 Å². The van der Waals surface area contributed by atoms with Gasteiger partial charge in [-0.25, -0.2) is 0 Å². The van der Waals surface area contributed by atoms with Gasteiger partial charge in [0.1, 0.15) is 0 Å². The first-order chi connectivity index (χ1) is 7.55. The average Bonchev–Trinajstić information content (AvgIpc) is 2.85. The number of nitrogens with one attached hydrogen (secondary N) is 2. The van der Waals surface area contributed by atoms with Crippen molar-refractivity contribution in [1.82, 2.24) is 15.0 Å². The van der Waals surface area contributed by atoms with Crippen molar-refractivity contribution < 1.29 is 4.74 Å². The molecule has 0 saturated heterocycles. The van der Waals surface area contributed by atoms with Gasteiger partial charge in [0.25, 0.3) is 0 Å². The molecule has 1 heterocycles. The van der Waals surface area contributed by atoms with Crippen molar-refractivity contribution in [3.8, 4) is 6.01 Å². The molecule has 1 unspecified atom stereocenters. The molecule has 0 bridgehead atoms. The summed E-state index contributed by atoms with van der Waals surface area (Å²) in [6.45, 7) is 4.42. The molecule has 88 valence electrons. The second kappa shape index (κ2) is 3.77. The van der Waals surface area contributed by atoms with Gasteiger partial charge in [-0.05, 0) is 11.8 Å². The van der Waals surface area contributed by atoms with Crippen LogP contribution in [-0.4, -0.2) is 35.2 Å². The van der Waals surface area contributed by atoms with E-state index >= 15 is 0 Å². The summed E-state index contributed by atoms with van der Waals surface area (Å²) >= 11 is 0. The van der Waals surface area contributed by atoms with Crippen molar-refractivity contribution in [1.29, 1.82) is 0 Å². The van der Waals surface area contributed by atoms with E-state index in [4.69, 9.17) is 4.74 Å². The normalized spacial score (nSPS) is 21.4. The molecule has 6 heteroatoms. The Morgan fingerprint density at radius 2 is 1.88 bits per heavy atom. The Morgan fingerprint density at radius 1 is 1.25 bits per heavy atom. The number of methoxy groups -OCH3 is 1. The SMILES string of the molecule is CNc1nc(NC2CC2(C)C)nc(OC)n1. The summed E-state index contributed by atoms with van der Waals surface area (Å²) in [4.78, 5) is 12.4. The molecule has 0 aromatic carbocycles. The van der Waals surface area contributed by atoms with Crippen LogP contribution >= 0.6 is 0 Å². The zero-order valence-corrected chi connectivity index (χ0v) is 10.0. The first-order valence-electron chi connectivity index (χ1n) is 5.29. The number of hydrogen-bond acceptors (Lipinski definition) is 6. The van der Waals surface area contributed by atoms with Crippen LogP contribution < -0.4 is 15.4 Å². The van der Waals surface area contributed by atoms with E-state index in [-0.39, 0.29) is 0 Å². The highest BCUT2D eigenvalue weighted by Crippen LogP contribution is 2.46. The van der Waals surface area contributed by atoms with E-state index in [9.17, 15) is 0 Å². The fourth-order valence-electron chi connectivity index (χ4n) is 1.49. The standard InChI is InChI=1S/C10H17N5O/c1-10(2)5-6(10)12-8-13-7(11-3)14-9(15-8)16-4/h6H,5H2,1-4H3,(H2,11,12,13,14,15). The second-order valence-corrected chi connectivity index (χ2v) is 4.61. The van der Waals surface area contributed by atoms with Crippen molar-refractivity contribution in [2.75, 3.05) is 24.8 Å². The lowest BCUT2D eigenvalue weighted by molar-refractivity contribution is 0.379. The minimum Gasteiger partial charge on any atom is -0.467 e. The third-order valence-corrected chi connectivity index (χ3v) is 2.84. The van der Waals surface area contributed by atoms with Crippen molar-refractivity contribution in [3.05, 3.63) is 0 Å². The Labute approximate surface area is 94.9 Å². The molecule has 0 spiro atoms. The smallest absolute Gasteiger partial charge is 0.322 e. The number of rotatable bonds is 4. The van der Waals surface area contributed by atoms with Gasteiger partial charge in [-0.3, -0.25) is 0 Å². The van der Waals surface area contributed by atoms with Crippen molar-refractivity contribution >= 4 is 11.9 Å². The molecule has 0 aliphatic heterocycles. The molecule has 0 radical (unpaired) electrons. The average molecular weight is 223 g/mol. The molecule has 1 aliphatic carbocycles. The van der Waals surface area contributed by atoms with E-state index in [2.05, 4.69) is 39.4 Å². The minimum absolute atomic E-state index is 0.320. The van der Waals surface area contributed by atoms with Crippen LogP contribution in [0.1, 0.15) is 20.3 Å². The van der Waals surface area contributed by atoms with E-state index in [0.717, 1.165) is 6.42 Å². The maximum absolute atomic E-state index is 5.01. The zero-order chi connectivity index (χ0) is 11.8. The third-order valence-electron chi connectivity index (χ3n) is 2.84. The first-order valence-corrected chi connectivity index (χ1v) is 5.29. The molecule has 1 aromatic rings. The van der Waals surface area contributed by atoms with Crippen LogP contribution in [0.15, 0.2) is 0 Å². The molecule has 16 heavy (non-hydrogen) atoms. The highest BCUT2D eigenvalue weighted by molar-refractivity contribution is 5.38. The molecule has 0 amide bonds. The van der Waals surface area contributed by atoms with Crippen LogP contribution in [0.4, 0.5) is 11.9 Å². The van der Waals surface area contributed by atoms with E-state index in [1.807, 2.05) is 0 Å². The van der Waals surface area contributed by atoms with Gasteiger partial charge in [0, 0.05) is 13.1 Å². The van der Waals surface area contributed by atoms with Gasteiger partial charge >= 0.3 is 6.01 Å². The molecule has 6 nitrogen and oxygen atoms in total. The molecular formula is C10H17N5O. The van der Waals surface area contributed by atoms with Crippen molar-refractivity contribution in [2.45, 2.75) is 26.3 Å². The molecule has 1 aromatic heterocycles. The summed E-state index contributed by atoms with van der Waals surface area (Å²) in [5.74, 6) is 1.07. The molecule has 1 fully saturated rings. The zero-order valence-electron chi connectivity index (χ0n) is 10.0. The van der Waals surface area contributed by atoms with Gasteiger partial charge in [0.2, 0.25) is 11.9 Å². The predicted molar refractivity (Wildman–Crippen MR) is 61.7 cm³/mol. The number of ether oxygens (including phenoxy) is 1. The largest absolute Gasteiger partial charge is 0.467 e. The Bertz CT molecular complexity index is 371. The van der Waals surface area contributed by atoms with E-state index in [1.165, 1.54) is 0 Å². The van der Waals surface area contributed by atoms with Gasteiger partial charge in [0.05, 0.1) is 7.11 Å². The monoisotopic (exact) mass is 223 g/mol. The summed E-state index contributed by atoms with van der Waals surface area (Å²) in [7, 11) is 3.30. The topological polar surface area (TPSA) is 72.0 Å². The molecule has 1 saturated carbocycles. The highest BCUT2D eigenvalue weighted by atomic mass is 16.5. The molecule has 1 atom stereocenters. The second-order valence-electron chi connectivity index (χ2n) is 4.61. The van der Waals surface area contributed by atoms with E-state index < -0.39 is 0 Å². The fraction of sp³-hybridized carbons (Fsp3) is 0.700. The van der Waals surface area contributed by atoms with E-state index in [0.29, 0.717) is 29.4 Å². The van der Waals surface area contributed by atoms with Crippen LogP contribution in [0.25, 0.3) is 0 Å². The van der Waals surface area contributed by atoms with Crippen LogP contribution in [0.5, 0.6) is 6.01 Å². The summed E-state index contributed by atoms with van der Waals surface area (Å²) in [6.07, 6.45) is 1.13. The summed E-state index contributed by atoms with van der Waals surface area (Å²) in [5.41, 5.74) is 0.333. The van der Waals surface area contributed by atoms with Crippen molar-refractivity contribution in [2.24, 2.45) is 5.41 Å². The first kappa shape index (κ1) is 10.9. The fourth-order valence-corrected chi connectivity index (χ4v) is 1.49. The van der Waals surface area contributed by atoms with Crippen LogP contribution in [-0.2, 0) is 0 Å². The van der Waals surface area contributed by atoms with Crippen LogP contribution in [0.2, 0.25) is 0 Å². The van der Waals surface area contributed by atoms with Gasteiger partial charge < -0.3 is 15.4 Å². The lowest BCUT2D eigenvalue weighted by atomic mass is 10.2. The van der Waals surface area contributed by atoms with Crippen LogP contribution in [0.3, 0.4) is 0 Å². The van der Waals surface area contributed by atoms with Gasteiger partial charge in [0.15, 0.2) is 0 Å². The Balaban J connectivity index is 2.14. The molecule has 2 rings (SSSR count). The minimum atomic E-state index is 0.320. The van der Waals surface area contributed by atoms with Crippen molar-refractivity contribution in [3.63, 3.8) is 0 Å². The highest BCUT2D eigenvalue weighted by Gasteiger charge is 2.46. The van der Waals surface area contributed by atoms with E-state index in [1.54, 1.807) is 14.2 Å². The van der Waals surface area contributed by atoms with Gasteiger partial charge in [-0.2, -0.15) is 15.0 Å². The lowest BCUT2D eigenvalue weighted by Gasteiger charge is -2.08. The van der Waals surface area contributed by atoms with Crippen LogP contribution in [0, 0.1) is 5.41 Å². The number of anilines is 2. The Morgan fingerprint density at radius 3 is 2.38 bits per heavy atom. The molecule has 2 N–H and O–H groups in total. The van der Waals surface area contributed by atoms with Gasteiger partial charge in [-0.15, -0.1) is 0 Å². The summed E-state index contributed by atoms with van der Waals surface area (Å²) < 4.78 is 5.01. The number of aromatic nitrogens is 3. The molecule has 1 aliphatic rings. The maximum Gasteiger partial charge on any atom is 0.322 e. The molecular weight excluding hydrogens is 206 g/mol. The lowest BCUT2D eigenvalue weighted by Crippen LogP contribution is -2.13. The maximum atomic E-state index is 5.01. The number of nitrogens with zero attached hydrogens (tertiary/aromatic N) is 3. The quantitative estimate of drug-likeness (QED) is 0.797. The number of hydrogen-bond donors (Lipinski definition) is 2. The Hall–Kier alpha value is -1.59. The third kappa shape index (κ3) is 2.15. The predicted octanol–water partition coefficient (Wildman–Crippen LogP) is 1.13. The Kier molecular flexibility index (Phi) is 2.57. The summed E-state index contributed by atoms with van der Waals surface area (Å²) in [6, 6.07) is 0.754.